The predicted molar refractivity (Wildman–Crippen MR) is 257 cm³/mol. The second kappa shape index (κ2) is 13.3. The maximum atomic E-state index is 4.81. The molecule has 0 bridgehead atoms. The first-order valence-electron chi connectivity index (χ1n) is 20.5. The molecule has 3 heterocycles. The first-order chi connectivity index (χ1) is 30.2. The molecule has 5 heteroatoms. The molecule has 4 nitrogen and oxygen atoms in total. The average Bonchev–Trinajstić information content (AvgIpc) is 3.71. The van der Waals surface area contributed by atoms with Gasteiger partial charge in [0.2, 0.25) is 0 Å². The normalized spacial score (nSPS) is 11.9. The number of hydrogen-bond donors (Lipinski definition) is 0. The van der Waals surface area contributed by atoms with Crippen molar-refractivity contribution in [1.29, 1.82) is 0 Å². The molecule has 10 aromatic carbocycles. The molecule has 0 saturated heterocycles. The summed E-state index contributed by atoms with van der Waals surface area (Å²) in [6, 6.07) is 62.1. The number of rotatable bonds is 4. The van der Waals surface area contributed by atoms with Crippen molar-refractivity contribution in [3.63, 3.8) is 0 Å². The lowest BCUT2D eigenvalue weighted by Gasteiger charge is -2.12. The largest absolute Gasteiger partial charge is 0.252 e. The lowest BCUT2D eigenvalue weighted by molar-refractivity contribution is 1.31. The van der Waals surface area contributed by atoms with Gasteiger partial charge >= 0.3 is 0 Å². The third-order valence-electron chi connectivity index (χ3n) is 12.4. The number of aromatic nitrogens is 4. The van der Waals surface area contributed by atoms with Gasteiger partial charge in [-0.3, -0.25) is 19.9 Å². The van der Waals surface area contributed by atoms with Crippen LogP contribution in [0, 0.1) is 0 Å². The maximum absolute atomic E-state index is 4.81. The molecule has 0 spiro atoms. The monoisotopic (exact) mass is 792 g/mol. The maximum Gasteiger partial charge on any atom is 0.0971 e. The number of benzene rings is 10. The molecule has 282 valence electrons. The van der Waals surface area contributed by atoms with Crippen LogP contribution in [-0.2, 0) is 0 Å². The topological polar surface area (TPSA) is 51.6 Å². The summed E-state index contributed by atoms with van der Waals surface area (Å²) in [5, 5.41) is 11.8. The zero-order chi connectivity index (χ0) is 40.0. The van der Waals surface area contributed by atoms with Gasteiger partial charge in [0.1, 0.15) is 0 Å². The Kier molecular flexibility index (Phi) is 7.44. The second-order valence-electron chi connectivity index (χ2n) is 15.8. The molecule has 3 aromatic heterocycles. The van der Waals surface area contributed by atoms with Crippen LogP contribution < -0.4 is 0 Å². The third-order valence-corrected chi connectivity index (χ3v) is 13.6. The fourth-order valence-corrected chi connectivity index (χ4v) is 10.6. The van der Waals surface area contributed by atoms with E-state index in [2.05, 4.69) is 170 Å². The summed E-state index contributed by atoms with van der Waals surface area (Å²) in [4.78, 5) is 19.1. The molecule has 0 saturated carbocycles. The van der Waals surface area contributed by atoms with E-state index in [0.29, 0.717) is 0 Å². The van der Waals surface area contributed by atoms with E-state index in [0.717, 1.165) is 54.7 Å². The molecule has 13 rings (SSSR count). The number of nitrogens with zero attached hydrogens (tertiary/aromatic N) is 4. The van der Waals surface area contributed by atoms with E-state index in [-0.39, 0.29) is 0 Å². The zero-order valence-corrected chi connectivity index (χ0v) is 33.5. The highest BCUT2D eigenvalue weighted by atomic mass is 32.1. The van der Waals surface area contributed by atoms with Gasteiger partial charge in [0.15, 0.2) is 0 Å². The minimum Gasteiger partial charge on any atom is -0.252 e. The van der Waals surface area contributed by atoms with Gasteiger partial charge in [-0.15, -0.1) is 11.3 Å². The molecule has 0 radical (unpaired) electrons. The fraction of sp³-hybridized carbons (Fsp3) is 0. The Morgan fingerprint density at radius 1 is 0.230 bits per heavy atom. The highest BCUT2D eigenvalue weighted by Gasteiger charge is 2.15. The van der Waals surface area contributed by atoms with E-state index in [9.17, 15) is 0 Å². The van der Waals surface area contributed by atoms with Crippen molar-refractivity contribution in [2.24, 2.45) is 0 Å². The van der Waals surface area contributed by atoms with E-state index in [1.807, 2.05) is 11.3 Å². The molecule has 0 fully saturated rings. The van der Waals surface area contributed by atoms with Gasteiger partial charge in [-0.2, -0.15) is 0 Å². The van der Waals surface area contributed by atoms with Crippen molar-refractivity contribution < 1.29 is 0 Å². The molecule has 0 atom stereocenters. The highest BCUT2D eigenvalue weighted by Crippen LogP contribution is 2.41. The minimum atomic E-state index is 0.932. The Bertz CT molecular complexity index is 3630. The molecule has 61 heavy (non-hydrogen) atoms. The second-order valence-corrected chi connectivity index (χ2v) is 16.9. The summed E-state index contributed by atoms with van der Waals surface area (Å²) >= 11 is 1.85. The fourth-order valence-electron chi connectivity index (χ4n) is 9.52. The van der Waals surface area contributed by atoms with E-state index < -0.39 is 0 Å². The molecule has 0 aliphatic rings. The Hall–Kier alpha value is -7.86. The molecule has 0 N–H and O–H groups in total. The van der Waals surface area contributed by atoms with Crippen molar-refractivity contribution >= 4 is 96.7 Å². The van der Waals surface area contributed by atoms with Crippen LogP contribution >= 0.6 is 11.3 Å². The summed E-state index contributed by atoms with van der Waals surface area (Å²) in [6.45, 7) is 0. The Morgan fingerprint density at radius 2 is 0.541 bits per heavy atom. The van der Waals surface area contributed by atoms with Crippen LogP contribution in [0.2, 0.25) is 0 Å². The summed E-state index contributed by atoms with van der Waals surface area (Å²) in [6.07, 6.45) is 7.15. The van der Waals surface area contributed by atoms with E-state index in [4.69, 9.17) is 19.9 Å². The molecule has 0 aliphatic heterocycles. The molecular formula is C56H32N4S. The number of fused-ring (bicyclic) bond motifs is 15. The molecule has 0 aliphatic carbocycles. The molecule has 13 aromatic rings. The van der Waals surface area contributed by atoms with Crippen LogP contribution in [0.4, 0.5) is 0 Å². The van der Waals surface area contributed by atoms with Crippen molar-refractivity contribution in [1.82, 2.24) is 19.9 Å². The molecule has 0 unspecified atom stereocenters. The van der Waals surface area contributed by atoms with Gasteiger partial charge in [-0.05, 0) is 115 Å². The van der Waals surface area contributed by atoms with Crippen LogP contribution in [0.5, 0.6) is 0 Å². The van der Waals surface area contributed by atoms with Gasteiger partial charge in [0.25, 0.3) is 0 Å². The van der Waals surface area contributed by atoms with Gasteiger partial charge < -0.3 is 0 Å². The Balaban J connectivity index is 0.877. The van der Waals surface area contributed by atoms with Crippen LogP contribution in [-0.4, -0.2) is 19.9 Å². The summed E-state index contributed by atoms with van der Waals surface area (Å²) in [5.41, 5.74) is 13.2. The number of hydrogen-bond acceptors (Lipinski definition) is 5. The Morgan fingerprint density at radius 3 is 0.951 bits per heavy atom. The quantitative estimate of drug-likeness (QED) is 0.167. The molecular weight excluding hydrogens is 761 g/mol. The zero-order valence-electron chi connectivity index (χ0n) is 32.7. The summed E-state index contributed by atoms with van der Waals surface area (Å²) in [7, 11) is 0. The van der Waals surface area contributed by atoms with Crippen LogP contribution in [0.15, 0.2) is 195 Å². The summed E-state index contributed by atoms with van der Waals surface area (Å²) < 4.78 is 2.57. The lowest BCUT2D eigenvalue weighted by atomic mass is 9.93. The average molecular weight is 793 g/mol. The van der Waals surface area contributed by atoms with Gasteiger partial charge in [0, 0.05) is 66.5 Å². The lowest BCUT2D eigenvalue weighted by Crippen LogP contribution is -1.89. The number of thiophene rings is 1. The van der Waals surface area contributed by atoms with Crippen LogP contribution in [0.1, 0.15) is 0 Å². The first kappa shape index (κ1) is 34.0. The van der Waals surface area contributed by atoms with E-state index in [1.54, 1.807) is 24.8 Å². The summed E-state index contributed by atoms with van der Waals surface area (Å²) in [5.74, 6) is 0. The first-order valence-corrected chi connectivity index (χ1v) is 21.3. The van der Waals surface area contributed by atoms with Gasteiger partial charge in [-0.1, -0.05) is 121 Å². The minimum absolute atomic E-state index is 0.932. The van der Waals surface area contributed by atoms with Crippen LogP contribution in [0.3, 0.4) is 0 Å². The van der Waals surface area contributed by atoms with E-state index >= 15 is 0 Å². The smallest absolute Gasteiger partial charge is 0.0971 e. The Labute approximate surface area is 354 Å². The van der Waals surface area contributed by atoms with Crippen molar-refractivity contribution in [2.45, 2.75) is 0 Å². The van der Waals surface area contributed by atoms with Gasteiger partial charge in [-0.25, -0.2) is 0 Å². The highest BCUT2D eigenvalue weighted by molar-refractivity contribution is 7.25. The van der Waals surface area contributed by atoms with Crippen molar-refractivity contribution in [3.8, 4) is 44.5 Å². The molecule has 0 amide bonds. The third kappa shape index (κ3) is 5.38. The SMILES string of the molecule is c1cc(-c2ccc3sc4ccc(-c5cccc(-c6ccc7c8ccccc8c8nccnc8c7c6)c5)cc4c3c2)cc(-c2ccc3c4ccccc4c4nccnc4c3c2)c1. The van der Waals surface area contributed by atoms with Gasteiger partial charge in [0.05, 0.1) is 22.1 Å². The standard InChI is InChI=1S/C56H32N4S/c1-3-13-45-41(11-1)43-19-15-37(31-49(43)55-53(45)57-23-25-59-55)33-7-5-9-35(27-33)39-17-21-51-47(29-39)48-30-40(18-22-52(48)61-51)36-10-6-8-34(28-36)38-16-20-44-42-12-2-4-14-46(42)54-56(50(44)32-38)60-26-24-58-54/h1-32H. The van der Waals surface area contributed by atoms with Crippen LogP contribution in [0.25, 0.3) is 130 Å². The van der Waals surface area contributed by atoms with Crippen molar-refractivity contribution in [3.05, 3.63) is 195 Å². The predicted octanol–water partition coefficient (Wildman–Crippen LogP) is 15.2. The van der Waals surface area contributed by atoms with E-state index in [1.165, 1.54) is 75.1 Å². The van der Waals surface area contributed by atoms with Crippen molar-refractivity contribution in [2.75, 3.05) is 0 Å².